The summed E-state index contributed by atoms with van der Waals surface area (Å²) in [6.07, 6.45) is 1.97. The van der Waals surface area contributed by atoms with Crippen molar-refractivity contribution >= 4 is 29.7 Å². The predicted molar refractivity (Wildman–Crippen MR) is 112 cm³/mol. The number of amides is 1. The minimum absolute atomic E-state index is 0. The molecule has 27 heavy (non-hydrogen) atoms. The molecule has 0 saturated carbocycles. The second-order valence-electron chi connectivity index (χ2n) is 6.49. The fourth-order valence-electron chi connectivity index (χ4n) is 3.38. The highest BCUT2D eigenvalue weighted by Crippen LogP contribution is 2.28. The smallest absolute Gasteiger partial charge is 0.274 e. The van der Waals surface area contributed by atoms with E-state index in [-0.39, 0.29) is 18.3 Å². The summed E-state index contributed by atoms with van der Waals surface area (Å²) < 4.78 is 1.87. The zero-order valence-corrected chi connectivity index (χ0v) is 16.8. The largest absolute Gasteiger partial charge is 0.337 e. The second-order valence-corrected chi connectivity index (χ2v) is 7.44. The van der Waals surface area contributed by atoms with Gasteiger partial charge in [-0.2, -0.15) is 5.10 Å². The first-order chi connectivity index (χ1) is 12.8. The molecule has 0 atom stereocenters. The van der Waals surface area contributed by atoms with Crippen molar-refractivity contribution < 1.29 is 4.79 Å². The lowest BCUT2D eigenvalue weighted by atomic mass is 10.1. The van der Waals surface area contributed by atoms with Crippen molar-refractivity contribution in [3.63, 3.8) is 0 Å². The second kappa shape index (κ2) is 8.69. The molecule has 1 aliphatic heterocycles. The number of rotatable bonds is 4. The van der Waals surface area contributed by atoms with Crippen LogP contribution in [0, 0.1) is 0 Å². The van der Waals surface area contributed by atoms with Crippen molar-refractivity contribution in [2.45, 2.75) is 18.9 Å². The van der Waals surface area contributed by atoms with Crippen molar-refractivity contribution in [3.05, 3.63) is 59.6 Å². The first-order valence-corrected chi connectivity index (χ1v) is 9.80. The summed E-state index contributed by atoms with van der Waals surface area (Å²) in [5.74, 6) is 0.0204. The number of carbonyl (C=O) groups excluding carboxylic acids is 1. The zero-order chi connectivity index (χ0) is 17.9. The topological polar surface area (TPSA) is 50.2 Å². The summed E-state index contributed by atoms with van der Waals surface area (Å²) >= 11 is 1.65. The maximum atomic E-state index is 13.0. The van der Waals surface area contributed by atoms with E-state index in [2.05, 4.69) is 16.5 Å². The van der Waals surface area contributed by atoms with E-state index < -0.39 is 0 Å². The molecule has 0 unspecified atom stereocenters. The van der Waals surface area contributed by atoms with Crippen molar-refractivity contribution in [2.24, 2.45) is 0 Å². The monoisotopic (exact) mass is 402 g/mol. The van der Waals surface area contributed by atoms with Gasteiger partial charge in [-0.15, -0.1) is 23.7 Å². The lowest BCUT2D eigenvalue weighted by Crippen LogP contribution is -2.44. The van der Waals surface area contributed by atoms with Gasteiger partial charge in [0.05, 0.1) is 16.3 Å². The molecule has 4 rings (SSSR count). The van der Waals surface area contributed by atoms with Crippen LogP contribution in [-0.4, -0.2) is 46.8 Å². The first kappa shape index (κ1) is 19.6. The van der Waals surface area contributed by atoms with E-state index >= 15 is 0 Å². The molecule has 1 saturated heterocycles. The molecule has 0 spiro atoms. The number of piperidine rings is 1. The molecule has 1 amide bonds. The number of hydrogen-bond acceptors (Lipinski definition) is 4. The molecule has 0 bridgehead atoms. The number of nitrogens with one attached hydrogen (secondary N) is 1. The molecule has 3 heterocycles. The fraction of sp³-hybridized carbons (Fsp3) is 0.300. The van der Waals surface area contributed by atoms with Gasteiger partial charge in [0.25, 0.3) is 5.91 Å². The summed E-state index contributed by atoms with van der Waals surface area (Å²) in [5.41, 5.74) is 2.43. The fourth-order valence-corrected chi connectivity index (χ4v) is 4.11. The van der Waals surface area contributed by atoms with Crippen LogP contribution in [0.3, 0.4) is 0 Å². The van der Waals surface area contributed by atoms with Gasteiger partial charge < -0.3 is 10.2 Å². The summed E-state index contributed by atoms with van der Waals surface area (Å²) in [5, 5.41) is 10.0. The summed E-state index contributed by atoms with van der Waals surface area (Å²) in [6.45, 7) is 1.55. The molecule has 3 aromatic rings. The SMILES string of the molecule is CNC1CCN(C(=O)c2cc(-c3cccs3)n(-c3ccccc3)n2)CC1.Cl. The summed E-state index contributed by atoms with van der Waals surface area (Å²) in [6, 6.07) is 16.5. The Morgan fingerprint density at radius 1 is 1.15 bits per heavy atom. The van der Waals surface area contributed by atoms with Crippen LogP contribution in [0.15, 0.2) is 53.9 Å². The third kappa shape index (κ3) is 4.08. The molecule has 1 N–H and O–H groups in total. The van der Waals surface area contributed by atoms with Gasteiger partial charge in [-0.25, -0.2) is 4.68 Å². The van der Waals surface area contributed by atoms with Crippen molar-refractivity contribution in [1.82, 2.24) is 20.0 Å². The Morgan fingerprint density at radius 3 is 2.52 bits per heavy atom. The highest BCUT2D eigenvalue weighted by Gasteiger charge is 2.26. The van der Waals surface area contributed by atoms with Gasteiger partial charge in [-0.1, -0.05) is 24.3 Å². The Labute approximate surface area is 169 Å². The number of benzene rings is 1. The molecule has 0 radical (unpaired) electrons. The van der Waals surface area contributed by atoms with E-state index in [9.17, 15) is 4.79 Å². The van der Waals surface area contributed by atoms with Gasteiger partial charge in [0.2, 0.25) is 0 Å². The average molecular weight is 403 g/mol. The van der Waals surface area contributed by atoms with Crippen molar-refractivity contribution in [3.8, 4) is 16.3 Å². The normalized spacial score (nSPS) is 14.8. The van der Waals surface area contributed by atoms with E-state index in [0.29, 0.717) is 11.7 Å². The highest BCUT2D eigenvalue weighted by atomic mass is 35.5. The maximum absolute atomic E-state index is 13.0. The minimum atomic E-state index is 0. The number of halogens is 1. The maximum Gasteiger partial charge on any atom is 0.274 e. The minimum Gasteiger partial charge on any atom is -0.337 e. The lowest BCUT2D eigenvalue weighted by Gasteiger charge is -2.31. The number of aromatic nitrogens is 2. The molecule has 0 aliphatic carbocycles. The van der Waals surface area contributed by atoms with Crippen molar-refractivity contribution in [1.29, 1.82) is 0 Å². The van der Waals surface area contributed by atoms with Gasteiger partial charge >= 0.3 is 0 Å². The van der Waals surface area contributed by atoms with E-state index in [0.717, 1.165) is 42.2 Å². The van der Waals surface area contributed by atoms with E-state index in [1.165, 1.54) is 0 Å². The zero-order valence-electron chi connectivity index (χ0n) is 15.2. The number of nitrogens with zero attached hydrogens (tertiary/aromatic N) is 3. The number of para-hydroxylation sites is 1. The molecule has 1 aromatic carbocycles. The van der Waals surface area contributed by atoms with Gasteiger partial charge in [-0.3, -0.25) is 4.79 Å². The standard InChI is InChI=1S/C20H22N4OS.ClH/c1-21-15-9-11-23(12-10-15)20(25)17-14-18(19-8-5-13-26-19)24(22-17)16-6-3-2-4-7-16;/h2-8,13-15,21H,9-12H2,1H3;1H. The van der Waals surface area contributed by atoms with Crippen LogP contribution in [0.4, 0.5) is 0 Å². The van der Waals surface area contributed by atoms with Crippen LogP contribution in [0.2, 0.25) is 0 Å². The molecule has 1 aliphatic rings. The molecule has 5 nitrogen and oxygen atoms in total. The Hall–Kier alpha value is -2.15. The third-order valence-electron chi connectivity index (χ3n) is 4.89. The Bertz CT molecular complexity index is 871. The van der Waals surface area contributed by atoms with Crippen LogP contribution in [0.5, 0.6) is 0 Å². The molecule has 1 fully saturated rings. The molecule has 7 heteroatoms. The van der Waals surface area contributed by atoms with E-state index in [4.69, 9.17) is 0 Å². The molecule has 2 aromatic heterocycles. The van der Waals surface area contributed by atoms with Crippen molar-refractivity contribution in [2.75, 3.05) is 20.1 Å². The first-order valence-electron chi connectivity index (χ1n) is 8.92. The third-order valence-corrected chi connectivity index (χ3v) is 5.79. The Kier molecular flexibility index (Phi) is 6.31. The predicted octanol–water partition coefficient (Wildman–Crippen LogP) is 3.85. The number of thiophene rings is 1. The quantitative estimate of drug-likeness (QED) is 0.721. The van der Waals surface area contributed by atoms with Gasteiger partial charge in [0.15, 0.2) is 5.69 Å². The molecular weight excluding hydrogens is 380 g/mol. The van der Waals surface area contributed by atoms with Crippen LogP contribution < -0.4 is 5.32 Å². The molecule has 142 valence electrons. The Balaban J connectivity index is 0.00000210. The molecular formula is C20H23ClN4OS. The number of likely N-dealkylation sites (tertiary alicyclic amines) is 1. The van der Waals surface area contributed by atoms with Crippen LogP contribution in [0.1, 0.15) is 23.3 Å². The van der Waals surface area contributed by atoms with Crippen LogP contribution in [0.25, 0.3) is 16.3 Å². The van der Waals surface area contributed by atoms with Gasteiger partial charge in [0.1, 0.15) is 0 Å². The summed E-state index contributed by atoms with van der Waals surface area (Å²) in [4.78, 5) is 16.0. The van der Waals surface area contributed by atoms with Gasteiger partial charge in [0, 0.05) is 19.1 Å². The van der Waals surface area contributed by atoms with E-state index in [1.807, 2.05) is 64.5 Å². The Morgan fingerprint density at radius 2 is 1.89 bits per heavy atom. The van der Waals surface area contributed by atoms with Crippen LogP contribution >= 0.6 is 23.7 Å². The lowest BCUT2D eigenvalue weighted by molar-refractivity contribution is 0.0701. The van der Waals surface area contributed by atoms with E-state index in [1.54, 1.807) is 11.3 Å². The summed E-state index contributed by atoms with van der Waals surface area (Å²) in [7, 11) is 1.98. The average Bonchev–Trinajstić information content (AvgIpc) is 3.38. The number of hydrogen-bond donors (Lipinski definition) is 1. The van der Waals surface area contributed by atoms with Crippen LogP contribution in [-0.2, 0) is 0 Å². The number of carbonyl (C=O) groups is 1. The van der Waals surface area contributed by atoms with Gasteiger partial charge in [-0.05, 0) is 49.5 Å². The highest BCUT2D eigenvalue weighted by molar-refractivity contribution is 7.13.